The van der Waals surface area contributed by atoms with E-state index in [2.05, 4.69) is 10.3 Å². The molecule has 0 saturated heterocycles. The van der Waals surface area contributed by atoms with E-state index in [1.807, 2.05) is 67.6 Å². The number of anilines is 1. The average molecular weight is 416 g/mol. The van der Waals surface area contributed by atoms with Crippen LogP contribution in [0.1, 0.15) is 23.7 Å². The Kier molecular flexibility index (Phi) is 7.54. The van der Waals surface area contributed by atoms with E-state index in [1.165, 1.54) is 13.0 Å². The van der Waals surface area contributed by atoms with Gasteiger partial charge in [0.2, 0.25) is 0 Å². The standard InChI is InChI=1S/C25H24N2O4/c1-18-6-5-8-21(16-18)27-25(29)19(2)31-24(28)14-11-20-9-12-23(13-10-20)30-17-22-7-3-4-15-26-22/h3-16,19H,17H2,1-2H3,(H,27,29). The number of esters is 1. The maximum Gasteiger partial charge on any atom is 0.331 e. The number of carbonyl (C=O) groups excluding carboxylic acids is 2. The molecule has 1 heterocycles. The van der Waals surface area contributed by atoms with Crippen LogP contribution in [-0.4, -0.2) is 23.0 Å². The van der Waals surface area contributed by atoms with Gasteiger partial charge in [-0.1, -0.05) is 30.3 Å². The van der Waals surface area contributed by atoms with Gasteiger partial charge in [-0.25, -0.2) is 4.79 Å². The summed E-state index contributed by atoms with van der Waals surface area (Å²) < 4.78 is 10.9. The van der Waals surface area contributed by atoms with Crippen molar-refractivity contribution in [1.82, 2.24) is 4.98 Å². The van der Waals surface area contributed by atoms with Crippen molar-refractivity contribution in [2.75, 3.05) is 5.32 Å². The molecule has 1 unspecified atom stereocenters. The summed E-state index contributed by atoms with van der Waals surface area (Å²) in [5, 5.41) is 2.73. The summed E-state index contributed by atoms with van der Waals surface area (Å²) in [6.07, 6.45) is 3.72. The number of aromatic nitrogens is 1. The zero-order chi connectivity index (χ0) is 22.1. The Bertz CT molecular complexity index is 1050. The number of ether oxygens (including phenoxy) is 2. The molecule has 6 nitrogen and oxygen atoms in total. The van der Waals surface area contributed by atoms with Gasteiger partial charge in [0.1, 0.15) is 12.4 Å². The molecule has 1 amide bonds. The minimum absolute atomic E-state index is 0.380. The normalized spacial score (nSPS) is 11.7. The van der Waals surface area contributed by atoms with Gasteiger partial charge < -0.3 is 14.8 Å². The van der Waals surface area contributed by atoms with E-state index in [0.717, 1.165) is 16.8 Å². The highest BCUT2D eigenvalue weighted by molar-refractivity contribution is 5.96. The molecule has 0 spiro atoms. The number of hydrogen-bond acceptors (Lipinski definition) is 5. The highest BCUT2D eigenvalue weighted by Gasteiger charge is 2.16. The molecule has 158 valence electrons. The Morgan fingerprint density at radius 3 is 2.58 bits per heavy atom. The molecule has 3 rings (SSSR count). The molecule has 6 heteroatoms. The molecule has 1 aromatic heterocycles. The van der Waals surface area contributed by atoms with Crippen LogP contribution in [0, 0.1) is 6.92 Å². The number of rotatable bonds is 8. The lowest BCUT2D eigenvalue weighted by Gasteiger charge is -2.12. The summed E-state index contributed by atoms with van der Waals surface area (Å²) in [7, 11) is 0. The molecule has 0 fully saturated rings. The number of aryl methyl sites for hydroxylation is 1. The third kappa shape index (κ3) is 7.12. The van der Waals surface area contributed by atoms with E-state index in [9.17, 15) is 9.59 Å². The van der Waals surface area contributed by atoms with Crippen LogP contribution in [-0.2, 0) is 20.9 Å². The highest BCUT2D eigenvalue weighted by Crippen LogP contribution is 2.15. The third-order valence-corrected chi connectivity index (χ3v) is 4.35. The van der Waals surface area contributed by atoms with Crippen LogP contribution in [0.15, 0.2) is 79.0 Å². The predicted octanol–water partition coefficient (Wildman–Crippen LogP) is 4.55. The fourth-order valence-corrected chi connectivity index (χ4v) is 2.71. The van der Waals surface area contributed by atoms with Crippen LogP contribution in [0.2, 0.25) is 0 Å². The van der Waals surface area contributed by atoms with Gasteiger partial charge in [-0.15, -0.1) is 0 Å². The minimum Gasteiger partial charge on any atom is -0.487 e. The lowest BCUT2D eigenvalue weighted by atomic mass is 10.2. The lowest BCUT2D eigenvalue weighted by Crippen LogP contribution is -2.29. The second kappa shape index (κ2) is 10.7. The van der Waals surface area contributed by atoms with Gasteiger partial charge in [0, 0.05) is 18.0 Å². The van der Waals surface area contributed by atoms with Crippen molar-refractivity contribution in [2.24, 2.45) is 0 Å². The first-order valence-corrected chi connectivity index (χ1v) is 9.88. The first kappa shape index (κ1) is 21.8. The van der Waals surface area contributed by atoms with Gasteiger partial charge in [-0.3, -0.25) is 9.78 Å². The monoisotopic (exact) mass is 416 g/mol. The number of carbonyl (C=O) groups is 2. The summed E-state index contributed by atoms with van der Waals surface area (Å²) in [6.45, 7) is 3.85. The molecule has 0 aliphatic carbocycles. The second-order valence-corrected chi connectivity index (χ2v) is 6.95. The maximum atomic E-state index is 12.2. The average Bonchev–Trinajstić information content (AvgIpc) is 2.77. The Morgan fingerprint density at radius 2 is 1.87 bits per heavy atom. The van der Waals surface area contributed by atoms with Gasteiger partial charge in [-0.2, -0.15) is 0 Å². The summed E-state index contributed by atoms with van der Waals surface area (Å²) in [4.78, 5) is 28.5. The molecule has 3 aromatic rings. The Morgan fingerprint density at radius 1 is 1.06 bits per heavy atom. The van der Waals surface area contributed by atoms with Crippen molar-refractivity contribution in [2.45, 2.75) is 26.6 Å². The summed E-state index contributed by atoms with van der Waals surface area (Å²) in [5.41, 5.74) is 3.33. The zero-order valence-electron chi connectivity index (χ0n) is 17.4. The minimum atomic E-state index is -0.917. The molecular weight excluding hydrogens is 392 g/mol. The van der Waals surface area contributed by atoms with Crippen LogP contribution >= 0.6 is 0 Å². The molecule has 0 bridgehead atoms. The number of nitrogens with zero attached hydrogens (tertiary/aromatic N) is 1. The smallest absolute Gasteiger partial charge is 0.331 e. The van der Waals surface area contributed by atoms with Crippen LogP contribution in [0.5, 0.6) is 5.75 Å². The Labute approximate surface area is 181 Å². The molecule has 0 radical (unpaired) electrons. The molecule has 0 aliphatic rings. The molecular formula is C25H24N2O4. The van der Waals surface area contributed by atoms with Gasteiger partial charge in [0.05, 0.1) is 5.69 Å². The van der Waals surface area contributed by atoms with E-state index in [-0.39, 0.29) is 5.91 Å². The Hall–Kier alpha value is -3.93. The number of hydrogen-bond donors (Lipinski definition) is 1. The summed E-state index contributed by atoms with van der Waals surface area (Å²) in [5.74, 6) is -0.282. The van der Waals surface area contributed by atoms with Crippen molar-refractivity contribution < 1.29 is 19.1 Å². The van der Waals surface area contributed by atoms with Gasteiger partial charge in [0.15, 0.2) is 6.10 Å². The van der Waals surface area contributed by atoms with Crippen LogP contribution in [0.4, 0.5) is 5.69 Å². The van der Waals surface area contributed by atoms with Crippen molar-refractivity contribution in [1.29, 1.82) is 0 Å². The third-order valence-electron chi connectivity index (χ3n) is 4.35. The number of pyridine rings is 1. The number of amides is 1. The van der Waals surface area contributed by atoms with Crippen molar-refractivity contribution in [3.63, 3.8) is 0 Å². The largest absolute Gasteiger partial charge is 0.487 e. The molecule has 2 aromatic carbocycles. The van der Waals surface area contributed by atoms with Gasteiger partial charge in [0.25, 0.3) is 5.91 Å². The van der Waals surface area contributed by atoms with Crippen LogP contribution in [0.25, 0.3) is 6.08 Å². The quantitative estimate of drug-likeness (QED) is 0.430. The van der Waals surface area contributed by atoms with E-state index in [1.54, 1.807) is 18.3 Å². The van der Waals surface area contributed by atoms with Crippen LogP contribution < -0.4 is 10.1 Å². The van der Waals surface area contributed by atoms with E-state index in [0.29, 0.717) is 18.0 Å². The topological polar surface area (TPSA) is 77.5 Å². The van der Waals surface area contributed by atoms with Crippen molar-refractivity contribution in [3.05, 3.63) is 95.8 Å². The van der Waals surface area contributed by atoms with Crippen molar-refractivity contribution in [3.8, 4) is 5.75 Å². The SMILES string of the molecule is Cc1cccc(NC(=O)C(C)OC(=O)C=Cc2ccc(OCc3ccccn3)cc2)c1. The second-order valence-electron chi connectivity index (χ2n) is 6.95. The highest BCUT2D eigenvalue weighted by atomic mass is 16.5. The van der Waals surface area contributed by atoms with E-state index < -0.39 is 12.1 Å². The van der Waals surface area contributed by atoms with Gasteiger partial charge >= 0.3 is 5.97 Å². The Balaban J connectivity index is 1.47. The fourth-order valence-electron chi connectivity index (χ4n) is 2.71. The zero-order valence-corrected chi connectivity index (χ0v) is 17.4. The van der Waals surface area contributed by atoms with Crippen molar-refractivity contribution >= 4 is 23.6 Å². The first-order valence-electron chi connectivity index (χ1n) is 9.88. The maximum absolute atomic E-state index is 12.2. The fraction of sp³-hybridized carbons (Fsp3) is 0.160. The molecule has 0 aliphatic heterocycles. The number of nitrogens with one attached hydrogen (secondary N) is 1. The molecule has 1 atom stereocenters. The summed E-state index contributed by atoms with van der Waals surface area (Å²) in [6, 6.07) is 20.3. The first-order chi connectivity index (χ1) is 15.0. The van der Waals surface area contributed by atoms with Crippen LogP contribution in [0.3, 0.4) is 0 Å². The predicted molar refractivity (Wildman–Crippen MR) is 119 cm³/mol. The van der Waals surface area contributed by atoms with E-state index >= 15 is 0 Å². The number of benzene rings is 2. The van der Waals surface area contributed by atoms with E-state index in [4.69, 9.17) is 9.47 Å². The summed E-state index contributed by atoms with van der Waals surface area (Å²) >= 11 is 0. The lowest BCUT2D eigenvalue weighted by molar-refractivity contribution is -0.148. The molecule has 0 saturated carbocycles. The van der Waals surface area contributed by atoms with Gasteiger partial charge in [-0.05, 0) is 67.4 Å². The molecule has 1 N–H and O–H groups in total. The molecule has 31 heavy (non-hydrogen) atoms.